The van der Waals surface area contributed by atoms with Gasteiger partial charge in [-0.3, -0.25) is 0 Å². The standard InChI is InChI=1S/C18H31NO2S.Na/c1-2-3-4-5-6-7-8-9-10-11-14-17-15-12-13-16-18(17)22(19,20)21;/h12-13,15-16H,2-11,14H2,1H3,(H2,19,20,21);. The summed E-state index contributed by atoms with van der Waals surface area (Å²) in [6, 6.07) is 7.07. The van der Waals surface area contributed by atoms with Crippen molar-refractivity contribution in [2.45, 2.75) is 82.4 Å². The van der Waals surface area contributed by atoms with E-state index in [4.69, 9.17) is 5.14 Å². The van der Waals surface area contributed by atoms with Gasteiger partial charge in [0.25, 0.3) is 0 Å². The average molecular weight is 349 g/mol. The first-order valence-electron chi connectivity index (χ1n) is 8.66. The number of hydrogen-bond acceptors (Lipinski definition) is 2. The minimum atomic E-state index is -3.60. The summed E-state index contributed by atoms with van der Waals surface area (Å²) in [7, 11) is -3.60. The molecule has 0 saturated heterocycles. The van der Waals surface area contributed by atoms with E-state index in [1.54, 1.807) is 12.1 Å². The number of unbranched alkanes of at least 4 members (excludes halogenated alkanes) is 9. The van der Waals surface area contributed by atoms with E-state index in [0.717, 1.165) is 24.8 Å². The summed E-state index contributed by atoms with van der Waals surface area (Å²) < 4.78 is 23.0. The van der Waals surface area contributed by atoms with E-state index >= 15 is 0 Å². The first kappa shape index (κ1) is 23.1. The molecule has 0 saturated carbocycles. The zero-order valence-corrected chi connectivity index (χ0v) is 17.7. The van der Waals surface area contributed by atoms with Crippen molar-refractivity contribution in [3.63, 3.8) is 0 Å². The minimum Gasteiger partial charge on any atom is -0.225 e. The maximum Gasteiger partial charge on any atom is 0.238 e. The Morgan fingerprint density at radius 2 is 1.30 bits per heavy atom. The van der Waals surface area contributed by atoms with Gasteiger partial charge in [0.05, 0.1) is 4.90 Å². The number of sulfonamides is 1. The predicted octanol–water partition coefficient (Wildman–Crippen LogP) is 4.42. The quantitative estimate of drug-likeness (QED) is 0.449. The van der Waals surface area contributed by atoms with Gasteiger partial charge in [0.2, 0.25) is 10.0 Å². The summed E-state index contributed by atoms with van der Waals surface area (Å²) in [6.45, 7) is 2.24. The van der Waals surface area contributed by atoms with Crippen molar-refractivity contribution in [3.8, 4) is 0 Å². The van der Waals surface area contributed by atoms with Crippen molar-refractivity contribution < 1.29 is 8.42 Å². The van der Waals surface area contributed by atoms with Gasteiger partial charge in [-0.25, -0.2) is 13.6 Å². The molecule has 0 amide bonds. The molecule has 3 nitrogen and oxygen atoms in total. The third-order valence-corrected chi connectivity index (χ3v) is 5.09. The second kappa shape index (κ2) is 13.4. The van der Waals surface area contributed by atoms with Gasteiger partial charge in [-0.05, 0) is 24.5 Å². The molecule has 1 rings (SSSR count). The fourth-order valence-electron chi connectivity index (χ4n) is 2.79. The van der Waals surface area contributed by atoms with E-state index in [1.807, 2.05) is 12.1 Å². The molecule has 0 aliphatic carbocycles. The first-order valence-corrected chi connectivity index (χ1v) is 10.2. The molecule has 127 valence electrons. The molecule has 23 heavy (non-hydrogen) atoms. The number of aryl methyl sites for hydroxylation is 1. The van der Waals surface area contributed by atoms with Crippen LogP contribution in [0.1, 0.15) is 76.7 Å². The molecule has 1 aromatic carbocycles. The second-order valence-corrected chi connectivity index (χ2v) is 7.61. The second-order valence-electron chi connectivity index (χ2n) is 6.08. The third-order valence-electron chi connectivity index (χ3n) is 4.08. The molecule has 0 heterocycles. The number of rotatable bonds is 12. The molecule has 5 heteroatoms. The Balaban J connectivity index is 0.00000484. The molecule has 0 bridgehead atoms. The molecule has 0 spiro atoms. The fourth-order valence-corrected chi connectivity index (χ4v) is 3.59. The number of hydrogen-bond donors (Lipinski definition) is 1. The van der Waals surface area contributed by atoms with Crippen molar-refractivity contribution in [1.82, 2.24) is 0 Å². The predicted molar refractivity (Wildman–Crippen MR) is 99.1 cm³/mol. The van der Waals surface area contributed by atoms with E-state index in [0.29, 0.717) is 0 Å². The number of primary sulfonamides is 1. The molecule has 2 N–H and O–H groups in total. The maximum atomic E-state index is 11.5. The van der Waals surface area contributed by atoms with Gasteiger partial charge >= 0.3 is 0 Å². The Bertz CT molecular complexity index is 518. The van der Waals surface area contributed by atoms with Crippen molar-refractivity contribution >= 4 is 39.6 Å². The van der Waals surface area contributed by atoms with Crippen LogP contribution in [0, 0.1) is 0 Å². The Morgan fingerprint density at radius 3 is 1.83 bits per heavy atom. The zero-order chi connectivity index (χ0) is 16.3. The van der Waals surface area contributed by atoms with Crippen LogP contribution in [0.3, 0.4) is 0 Å². The largest absolute Gasteiger partial charge is 0.238 e. The van der Waals surface area contributed by atoms with Crippen LogP contribution in [0.25, 0.3) is 0 Å². The zero-order valence-electron chi connectivity index (χ0n) is 14.9. The van der Waals surface area contributed by atoms with Crippen LogP contribution < -0.4 is 5.14 Å². The Hall–Kier alpha value is 0.130. The van der Waals surface area contributed by atoms with Crippen LogP contribution in [0.2, 0.25) is 0 Å². The van der Waals surface area contributed by atoms with Crippen LogP contribution in [0.15, 0.2) is 29.2 Å². The number of nitrogens with two attached hydrogens (primary N) is 1. The van der Waals surface area contributed by atoms with E-state index in [2.05, 4.69) is 6.92 Å². The minimum absolute atomic E-state index is 0. The van der Waals surface area contributed by atoms with E-state index in [-0.39, 0.29) is 34.5 Å². The summed E-state index contributed by atoms with van der Waals surface area (Å²) in [6.07, 6.45) is 13.6. The first-order chi connectivity index (χ1) is 10.6. The molecule has 0 aliphatic heterocycles. The SMILES string of the molecule is CCCCCCCCCCCCc1ccccc1S(N)(=O)=O.[Na]. The summed E-state index contributed by atoms with van der Waals surface area (Å²) in [5.74, 6) is 0. The molecular formula is C18H31NNaO2S. The Morgan fingerprint density at radius 1 is 0.826 bits per heavy atom. The average Bonchev–Trinajstić information content (AvgIpc) is 2.48. The molecule has 0 aromatic heterocycles. The molecule has 0 atom stereocenters. The monoisotopic (exact) mass is 348 g/mol. The molecule has 0 fully saturated rings. The molecule has 0 aliphatic rings. The summed E-state index contributed by atoms with van der Waals surface area (Å²) in [5, 5.41) is 5.25. The van der Waals surface area contributed by atoms with E-state index < -0.39 is 10.0 Å². The van der Waals surface area contributed by atoms with Gasteiger partial charge in [0, 0.05) is 29.6 Å². The van der Waals surface area contributed by atoms with Crippen LogP contribution in [0.5, 0.6) is 0 Å². The Labute approximate surface area is 164 Å². The van der Waals surface area contributed by atoms with E-state index in [9.17, 15) is 8.42 Å². The van der Waals surface area contributed by atoms with Crippen LogP contribution in [0.4, 0.5) is 0 Å². The van der Waals surface area contributed by atoms with Gasteiger partial charge in [-0.1, -0.05) is 82.9 Å². The van der Waals surface area contributed by atoms with Crippen LogP contribution in [-0.2, 0) is 16.4 Å². The van der Waals surface area contributed by atoms with Crippen LogP contribution in [-0.4, -0.2) is 38.0 Å². The van der Waals surface area contributed by atoms with Crippen LogP contribution >= 0.6 is 0 Å². The summed E-state index contributed by atoms with van der Waals surface area (Å²) >= 11 is 0. The topological polar surface area (TPSA) is 60.2 Å². The van der Waals surface area contributed by atoms with Gasteiger partial charge < -0.3 is 0 Å². The summed E-state index contributed by atoms with van der Waals surface area (Å²) in [5.41, 5.74) is 0.851. The van der Waals surface area contributed by atoms with Gasteiger partial charge in [0.15, 0.2) is 0 Å². The normalized spacial score (nSPS) is 11.2. The van der Waals surface area contributed by atoms with Crippen molar-refractivity contribution in [2.24, 2.45) is 5.14 Å². The van der Waals surface area contributed by atoms with Crippen molar-refractivity contribution in [1.29, 1.82) is 0 Å². The maximum absolute atomic E-state index is 11.5. The Kier molecular flexibility index (Phi) is 13.5. The molecule has 1 aromatic rings. The molecular weight excluding hydrogens is 317 g/mol. The van der Waals surface area contributed by atoms with Crippen molar-refractivity contribution in [2.75, 3.05) is 0 Å². The van der Waals surface area contributed by atoms with E-state index in [1.165, 1.54) is 51.4 Å². The van der Waals surface area contributed by atoms with Gasteiger partial charge in [0.1, 0.15) is 0 Å². The van der Waals surface area contributed by atoms with Gasteiger partial charge in [-0.15, -0.1) is 0 Å². The summed E-state index contributed by atoms with van der Waals surface area (Å²) in [4.78, 5) is 0.283. The third kappa shape index (κ3) is 10.6. The molecule has 0 unspecified atom stereocenters. The van der Waals surface area contributed by atoms with Crippen molar-refractivity contribution in [3.05, 3.63) is 29.8 Å². The molecule has 1 radical (unpaired) electrons. The smallest absolute Gasteiger partial charge is 0.225 e. The van der Waals surface area contributed by atoms with Gasteiger partial charge in [-0.2, -0.15) is 0 Å². The number of benzene rings is 1. The fraction of sp³-hybridized carbons (Fsp3) is 0.667.